The second-order valence-corrected chi connectivity index (χ2v) is 8.95. The van der Waals surface area contributed by atoms with Crippen LogP contribution in [0.25, 0.3) is 0 Å². The Morgan fingerprint density at radius 3 is 2.58 bits per heavy atom. The van der Waals surface area contributed by atoms with Gasteiger partial charge < -0.3 is 10.6 Å². The second-order valence-electron chi connectivity index (χ2n) is 5.71. The molecular weight excluding hydrogens is 388 g/mol. The van der Waals surface area contributed by atoms with Crippen LogP contribution in [0.3, 0.4) is 0 Å². The van der Waals surface area contributed by atoms with Crippen LogP contribution in [0.5, 0.6) is 0 Å². The van der Waals surface area contributed by atoms with E-state index < -0.39 is 0 Å². The quantitative estimate of drug-likeness (QED) is 0.640. The van der Waals surface area contributed by atoms with Gasteiger partial charge in [0.1, 0.15) is 5.51 Å². The van der Waals surface area contributed by atoms with Crippen molar-refractivity contribution in [2.45, 2.75) is 22.1 Å². The van der Waals surface area contributed by atoms with Gasteiger partial charge in [-0.1, -0.05) is 23.1 Å². The first-order chi connectivity index (χ1) is 12.7. The Labute approximate surface area is 162 Å². The fourth-order valence-corrected chi connectivity index (χ4v) is 4.46. The Morgan fingerprint density at radius 2 is 1.88 bits per heavy atom. The minimum Gasteiger partial charge on any atom is -0.321 e. The van der Waals surface area contributed by atoms with E-state index in [9.17, 15) is 9.59 Å². The van der Waals surface area contributed by atoms with Crippen LogP contribution >= 0.6 is 34.4 Å². The predicted molar refractivity (Wildman–Crippen MR) is 104 cm³/mol. The predicted octanol–water partition coefficient (Wildman–Crippen LogP) is 4.35. The highest BCUT2D eigenvalue weighted by atomic mass is 32.2. The number of aromatic nitrogens is 2. The Hall–Kier alpha value is -2.23. The van der Waals surface area contributed by atoms with Crippen LogP contribution in [0.4, 0.5) is 10.7 Å². The number of amides is 2. The van der Waals surface area contributed by atoms with Gasteiger partial charge >= 0.3 is 0 Å². The van der Waals surface area contributed by atoms with E-state index in [0.717, 1.165) is 22.1 Å². The number of hydrogen-bond acceptors (Lipinski definition) is 7. The molecule has 3 aromatic rings. The van der Waals surface area contributed by atoms with Gasteiger partial charge in [0.05, 0.1) is 9.88 Å². The molecule has 0 saturated heterocycles. The van der Waals surface area contributed by atoms with Crippen molar-refractivity contribution in [3.05, 3.63) is 46.8 Å². The van der Waals surface area contributed by atoms with Crippen LogP contribution in [0.2, 0.25) is 0 Å². The summed E-state index contributed by atoms with van der Waals surface area (Å²) >= 11 is 4.29. The summed E-state index contributed by atoms with van der Waals surface area (Å²) in [5.41, 5.74) is 2.41. The van der Waals surface area contributed by atoms with Crippen molar-refractivity contribution >= 4 is 56.9 Å². The molecule has 2 aromatic heterocycles. The summed E-state index contributed by atoms with van der Waals surface area (Å²) in [7, 11) is 0. The number of carbonyl (C=O) groups excluding carboxylic acids is 2. The van der Waals surface area contributed by atoms with Gasteiger partial charge in [-0.3, -0.25) is 9.59 Å². The highest BCUT2D eigenvalue weighted by Crippen LogP contribution is 2.32. The Balaban J connectivity index is 1.35. The molecule has 2 amide bonds. The van der Waals surface area contributed by atoms with Gasteiger partial charge in [-0.05, 0) is 49.2 Å². The molecule has 6 nitrogen and oxygen atoms in total. The number of nitrogens with zero attached hydrogens (tertiary/aromatic N) is 2. The van der Waals surface area contributed by atoms with Crippen LogP contribution in [0.1, 0.15) is 22.5 Å². The summed E-state index contributed by atoms with van der Waals surface area (Å²) < 4.78 is 0.876. The largest absolute Gasteiger partial charge is 0.321 e. The third-order valence-electron chi connectivity index (χ3n) is 3.68. The summed E-state index contributed by atoms with van der Waals surface area (Å²) in [6, 6.07) is 11.0. The first-order valence-corrected chi connectivity index (χ1v) is 10.4. The lowest BCUT2D eigenvalue weighted by Crippen LogP contribution is -2.12. The summed E-state index contributed by atoms with van der Waals surface area (Å²) in [6.07, 6.45) is 1.91. The number of anilines is 2. The molecule has 0 radical (unpaired) electrons. The third kappa shape index (κ3) is 4.29. The fraction of sp³-hybridized carbons (Fsp3) is 0.176. The summed E-state index contributed by atoms with van der Waals surface area (Å²) in [4.78, 5) is 25.7. The maximum Gasteiger partial charge on any atom is 0.265 e. The van der Waals surface area contributed by atoms with Crippen LogP contribution in [-0.2, 0) is 4.79 Å². The standard InChI is InChI=1S/C17H14N4O2S3/c22-15(10-1-2-10)20-14-8-7-13(26-14)16(23)19-11-3-5-12(6-4-11)25-17-21-18-9-24-17/h3-10H,1-2H2,(H,19,23)(H,20,22). The van der Waals surface area contributed by atoms with Crippen LogP contribution < -0.4 is 10.6 Å². The van der Waals surface area contributed by atoms with Gasteiger partial charge in [-0.15, -0.1) is 21.5 Å². The number of thiophene rings is 1. The van der Waals surface area contributed by atoms with Crippen molar-refractivity contribution in [1.82, 2.24) is 10.2 Å². The molecule has 1 saturated carbocycles. The van der Waals surface area contributed by atoms with Crippen molar-refractivity contribution in [1.29, 1.82) is 0 Å². The molecule has 0 atom stereocenters. The third-order valence-corrected chi connectivity index (χ3v) is 6.47. The molecule has 132 valence electrons. The molecule has 2 heterocycles. The molecule has 0 aliphatic heterocycles. The Morgan fingerprint density at radius 1 is 1.08 bits per heavy atom. The number of hydrogen-bond donors (Lipinski definition) is 2. The maximum atomic E-state index is 12.4. The van der Waals surface area contributed by atoms with E-state index in [1.807, 2.05) is 24.3 Å². The van der Waals surface area contributed by atoms with Crippen LogP contribution in [0.15, 0.2) is 51.1 Å². The van der Waals surface area contributed by atoms with E-state index in [1.165, 1.54) is 34.4 Å². The Bertz CT molecular complexity index is 918. The van der Waals surface area contributed by atoms with E-state index in [-0.39, 0.29) is 17.7 Å². The zero-order chi connectivity index (χ0) is 17.9. The maximum absolute atomic E-state index is 12.4. The van der Waals surface area contributed by atoms with Crippen LogP contribution in [0, 0.1) is 5.92 Å². The van der Waals surface area contributed by atoms with Crippen molar-refractivity contribution in [2.75, 3.05) is 10.6 Å². The van der Waals surface area contributed by atoms with E-state index >= 15 is 0 Å². The lowest BCUT2D eigenvalue weighted by Gasteiger charge is -2.04. The smallest absolute Gasteiger partial charge is 0.265 e. The Kier molecular flexibility index (Phi) is 5.00. The lowest BCUT2D eigenvalue weighted by atomic mass is 10.3. The molecule has 2 N–H and O–H groups in total. The lowest BCUT2D eigenvalue weighted by molar-refractivity contribution is -0.117. The summed E-state index contributed by atoms with van der Waals surface area (Å²) in [5.74, 6) is -0.000283. The SMILES string of the molecule is O=C(Nc1ccc(Sc2nncs2)cc1)c1ccc(NC(=O)C2CC2)s1. The zero-order valence-electron chi connectivity index (χ0n) is 13.5. The summed E-state index contributed by atoms with van der Waals surface area (Å²) in [6.45, 7) is 0. The number of rotatable bonds is 6. The molecule has 1 aromatic carbocycles. The number of nitrogens with one attached hydrogen (secondary N) is 2. The number of benzene rings is 1. The summed E-state index contributed by atoms with van der Waals surface area (Å²) in [5, 5.41) is 14.2. The molecule has 0 bridgehead atoms. The molecule has 1 aliphatic rings. The topological polar surface area (TPSA) is 84.0 Å². The van der Waals surface area contributed by atoms with Gasteiger partial charge in [0.25, 0.3) is 5.91 Å². The first kappa shape index (κ1) is 17.2. The number of carbonyl (C=O) groups is 2. The van der Waals surface area contributed by atoms with Gasteiger partial charge in [0.15, 0.2) is 4.34 Å². The van der Waals surface area contributed by atoms with Crippen molar-refractivity contribution < 1.29 is 9.59 Å². The minimum atomic E-state index is -0.188. The highest BCUT2D eigenvalue weighted by Gasteiger charge is 2.29. The van der Waals surface area contributed by atoms with Gasteiger partial charge in [0.2, 0.25) is 5.91 Å². The minimum absolute atomic E-state index is 0.0438. The van der Waals surface area contributed by atoms with Gasteiger partial charge in [-0.25, -0.2) is 0 Å². The average molecular weight is 403 g/mol. The first-order valence-electron chi connectivity index (χ1n) is 7.93. The van der Waals surface area contributed by atoms with Gasteiger partial charge in [-0.2, -0.15) is 0 Å². The monoisotopic (exact) mass is 402 g/mol. The van der Waals surface area contributed by atoms with E-state index in [0.29, 0.717) is 15.6 Å². The van der Waals surface area contributed by atoms with Crippen molar-refractivity contribution in [3.8, 4) is 0 Å². The van der Waals surface area contributed by atoms with Crippen molar-refractivity contribution in [2.24, 2.45) is 5.92 Å². The van der Waals surface area contributed by atoms with E-state index in [2.05, 4.69) is 20.8 Å². The van der Waals surface area contributed by atoms with Crippen molar-refractivity contribution in [3.63, 3.8) is 0 Å². The van der Waals surface area contributed by atoms with E-state index in [4.69, 9.17) is 0 Å². The molecule has 1 aliphatic carbocycles. The van der Waals surface area contributed by atoms with Crippen LogP contribution in [-0.4, -0.2) is 22.0 Å². The highest BCUT2D eigenvalue weighted by molar-refractivity contribution is 8.01. The second kappa shape index (κ2) is 7.56. The zero-order valence-corrected chi connectivity index (χ0v) is 15.9. The normalized spacial score (nSPS) is 13.4. The molecule has 0 spiro atoms. The fourth-order valence-electron chi connectivity index (χ4n) is 2.20. The average Bonchev–Trinajstić information content (AvgIpc) is 3.18. The molecule has 9 heteroatoms. The molecule has 26 heavy (non-hydrogen) atoms. The molecule has 1 fully saturated rings. The molecule has 4 rings (SSSR count). The molecular formula is C17H14N4O2S3. The van der Waals surface area contributed by atoms with E-state index in [1.54, 1.807) is 17.6 Å². The molecule has 0 unspecified atom stereocenters. The van der Waals surface area contributed by atoms with Gasteiger partial charge in [0, 0.05) is 16.5 Å².